The molecular weight excluding hydrogens is 212 g/mol. The standard InChI is InChI=1S/C11H8O3S/c12-5-8(11(13)14)9-6-15-10-4-2-1-3-7(9)10/h1-6,12H,(H,13,14). The highest BCUT2D eigenvalue weighted by Crippen LogP contribution is 2.30. The molecule has 0 aliphatic heterocycles. The zero-order chi connectivity index (χ0) is 10.8. The molecule has 0 amide bonds. The van der Waals surface area contributed by atoms with Gasteiger partial charge in [-0.05, 0) is 6.07 Å². The van der Waals surface area contributed by atoms with E-state index in [-0.39, 0.29) is 5.57 Å². The first-order valence-corrected chi connectivity index (χ1v) is 5.16. The van der Waals surface area contributed by atoms with Gasteiger partial charge in [-0.1, -0.05) is 18.2 Å². The molecule has 0 saturated heterocycles. The predicted molar refractivity (Wildman–Crippen MR) is 60.1 cm³/mol. The summed E-state index contributed by atoms with van der Waals surface area (Å²) in [6, 6.07) is 7.50. The summed E-state index contributed by atoms with van der Waals surface area (Å²) < 4.78 is 1.01. The van der Waals surface area contributed by atoms with Crippen molar-refractivity contribution in [2.45, 2.75) is 0 Å². The molecule has 0 saturated carbocycles. The molecule has 0 unspecified atom stereocenters. The summed E-state index contributed by atoms with van der Waals surface area (Å²) in [6.45, 7) is 0. The maximum Gasteiger partial charge on any atom is 0.339 e. The maximum atomic E-state index is 10.8. The molecule has 0 fully saturated rings. The van der Waals surface area contributed by atoms with Crippen LogP contribution in [0, 0.1) is 0 Å². The van der Waals surface area contributed by atoms with Crippen molar-refractivity contribution in [2.24, 2.45) is 0 Å². The summed E-state index contributed by atoms with van der Waals surface area (Å²) in [5, 5.41) is 20.4. The molecule has 2 rings (SSSR count). The SMILES string of the molecule is O=C(O)C(=CO)c1csc2ccccc12. The third-order valence-electron chi connectivity index (χ3n) is 2.13. The predicted octanol–water partition coefficient (Wildman–Crippen LogP) is 2.88. The number of aliphatic hydroxyl groups is 1. The molecule has 0 atom stereocenters. The van der Waals surface area contributed by atoms with E-state index >= 15 is 0 Å². The first kappa shape index (κ1) is 9.73. The number of hydrogen-bond acceptors (Lipinski definition) is 3. The fourth-order valence-corrected chi connectivity index (χ4v) is 2.39. The van der Waals surface area contributed by atoms with E-state index in [2.05, 4.69) is 0 Å². The molecule has 0 spiro atoms. The van der Waals surface area contributed by atoms with Crippen molar-refractivity contribution >= 4 is 33.0 Å². The van der Waals surface area contributed by atoms with Crippen LogP contribution in [0.15, 0.2) is 35.9 Å². The van der Waals surface area contributed by atoms with Gasteiger partial charge in [0.25, 0.3) is 0 Å². The van der Waals surface area contributed by atoms with Crippen LogP contribution in [0.5, 0.6) is 0 Å². The number of carboxylic acids is 1. The summed E-state index contributed by atoms with van der Waals surface area (Å²) in [5.74, 6) is -1.12. The zero-order valence-corrected chi connectivity index (χ0v) is 8.49. The lowest BCUT2D eigenvalue weighted by molar-refractivity contribution is -0.130. The van der Waals surface area contributed by atoms with E-state index < -0.39 is 5.97 Å². The third kappa shape index (κ3) is 1.59. The van der Waals surface area contributed by atoms with Crippen LogP contribution < -0.4 is 0 Å². The molecule has 2 N–H and O–H groups in total. The number of thiophene rings is 1. The molecule has 3 nitrogen and oxygen atoms in total. The highest BCUT2D eigenvalue weighted by Gasteiger charge is 2.14. The summed E-state index contributed by atoms with van der Waals surface area (Å²) >= 11 is 1.46. The number of carbonyl (C=O) groups is 1. The molecule has 76 valence electrons. The fraction of sp³-hybridized carbons (Fsp3) is 0. The molecular formula is C11H8O3S. The third-order valence-corrected chi connectivity index (χ3v) is 3.09. The van der Waals surface area contributed by atoms with Crippen LogP contribution in [-0.4, -0.2) is 16.2 Å². The second-order valence-corrected chi connectivity index (χ2v) is 3.90. The van der Waals surface area contributed by atoms with Gasteiger partial charge in [-0.2, -0.15) is 0 Å². The minimum Gasteiger partial charge on any atom is -0.515 e. The number of aliphatic carboxylic acids is 1. The van der Waals surface area contributed by atoms with Crippen LogP contribution in [0.25, 0.3) is 15.7 Å². The number of carboxylic acid groups (broad SMARTS) is 1. The number of rotatable bonds is 2. The van der Waals surface area contributed by atoms with Gasteiger partial charge in [-0.25, -0.2) is 4.79 Å². The molecule has 2 aromatic rings. The van der Waals surface area contributed by atoms with Gasteiger partial charge in [0.2, 0.25) is 0 Å². The minimum atomic E-state index is -1.12. The van der Waals surface area contributed by atoms with Gasteiger partial charge in [0.15, 0.2) is 0 Å². The van der Waals surface area contributed by atoms with E-state index in [1.807, 2.05) is 24.3 Å². The Morgan fingerprint density at radius 2 is 2.07 bits per heavy atom. The number of fused-ring (bicyclic) bond motifs is 1. The Morgan fingerprint density at radius 1 is 1.33 bits per heavy atom. The van der Waals surface area contributed by atoms with Gasteiger partial charge in [0.1, 0.15) is 5.57 Å². The summed E-state index contributed by atoms with van der Waals surface area (Å²) in [6.07, 6.45) is 0.636. The lowest BCUT2D eigenvalue weighted by atomic mass is 10.1. The van der Waals surface area contributed by atoms with Crippen LogP contribution in [0.4, 0.5) is 0 Å². The largest absolute Gasteiger partial charge is 0.515 e. The lowest BCUT2D eigenvalue weighted by Crippen LogP contribution is -1.98. The highest BCUT2D eigenvalue weighted by atomic mass is 32.1. The summed E-state index contributed by atoms with van der Waals surface area (Å²) in [7, 11) is 0. The molecule has 0 radical (unpaired) electrons. The van der Waals surface area contributed by atoms with Crippen molar-refractivity contribution in [2.75, 3.05) is 0 Å². The Hall–Kier alpha value is -1.81. The Labute approximate surface area is 89.9 Å². The summed E-state index contributed by atoms with van der Waals surface area (Å²) in [5.41, 5.74) is 0.484. The Kier molecular flexibility index (Phi) is 2.43. The monoisotopic (exact) mass is 220 g/mol. The molecule has 4 heteroatoms. The van der Waals surface area contributed by atoms with Crippen LogP contribution in [0.1, 0.15) is 5.56 Å². The second-order valence-electron chi connectivity index (χ2n) is 2.99. The van der Waals surface area contributed by atoms with E-state index in [1.165, 1.54) is 11.3 Å². The van der Waals surface area contributed by atoms with Crippen molar-refractivity contribution in [3.05, 3.63) is 41.5 Å². The Morgan fingerprint density at radius 3 is 2.73 bits per heavy atom. The van der Waals surface area contributed by atoms with Crippen LogP contribution in [0.3, 0.4) is 0 Å². The van der Waals surface area contributed by atoms with E-state index in [0.29, 0.717) is 11.8 Å². The zero-order valence-electron chi connectivity index (χ0n) is 7.68. The van der Waals surface area contributed by atoms with E-state index in [9.17, 15) is 4.79 Å². The van der Waals surface area contributed by atoms with Crippen molar-refractivity contribution in [3.63, 3.8) is 0 Å². The van der Waals surface area contributed by atoms with Crippen LogP contribution in [0.2, 0.25) is 0 Å². The molecule has 1 aromatic heterocycles. The van der Waals surface area contributed by atoms with Crippen LogP contribution in [-0.2, 0) is 4.79 Å². The highest BCUT2D eigenvalue weighted by molar-refractivity contribution is 7.17. The van der Waals surface area contributed by atoms with Gasteiger partial charge >= 0.3 is 5.97 Å². The van der Waals surface area contributed by atoms with Crippen molar-refractivity contribution in [3.8, 4) is 0 Å². The topological polar surface area (TPSA) is 57.5 Å². The van der Waals surface area contributed by atoms with Crippen LogP contribution >= 0.6 is 11.3 Å². The quantitative estimate of drug-likeness (QED) is 0.604. The number of hydrogen-bond donors (Lipinski definition) is 2. The first-order chi connectivity index (χ1) is 7.24. The second kappa shape index (κ2) is 3.74. The maximum absolute atomic E-state index is 10.8. The van der Waals surface area contributed by atoms with Gasteiger partial charge in [0.05, 0.1) is 6.26 Å². The normalized spacial score (nSPS) is 11.9. The van der Waals surface area contributed by atoms with Crippen molar-refractivity contribution < 1.29 is 15.0 Å². The fourth-order valence-electron chi connectivity index (χ4n) is 1.43. The molecule has 1 heterocycles. The van der Waals surface area contributed by atoms with E-state index in [1.54, 1.807) is 5.38 Å². The average Bonchev–Trinajstić information content (AvgIpc) is 2.63. The molecule has 0 bridgehead atoms. The van der Waals surface area contributed by atoms with Crippen molar-refractivity contribution in [1.29, 1.82) is 0 Å². The first-order valence-electron chi connectivity index (χ1n) is 4.28. The minimum absolute atomic E-state index is 0.0764. The molecule has 1 aromatic carbocycles. The lowest BCUT2D eigenvalue weighted by Gasteiger charge is -1.98. The van der Waals surface area contributed by atoms with E-state index in [0.717, 1.165) is 10.1 Å². The molecule has 0 aliphatic carbocycles. The van der Waals surface area contributed by atoms with E-state index in [4.69, 9.17) is 10.2 Å². The molecule has 0 aliphatic rings. The molecule has 15 heavy (non-hydrogen) atoms. The van der Waals surface area contributed by atoms with Gasteiger partial charge < -0.3 is 10.2 Å². The number of aliphatic hydroxyl groups excluding tert-OH is 1. The van der Waals surface area contributed by atoms with Gasteiger partial charge in [-0.15, -0.1) is 11.3 Å². The van der Waals surface area contributed by atoms with Crippen molar-refractivity contribution in [1.82, 2.24) is 0 Å². The van der Waals surface area contributed by atoms with Gasteiger partial charge in [0, 0.05) is 21.0 Å². The smallest absolute Gasteiger partial charge is 0.339 e. The number of benzene rings is 1. The Bertz CT molecular complexity index is 540. The average molecular weight is 220 g/mol. The Balaban J connectivity index is 2.67. The van der Waals surface area contributed by atoms with Gasteiger partial charge in [-0.3, -0.25) is 0 Å². The summed E-state index contributed by atoms with van der Waals surface area (Å²) in [4.78, 5) is 10.8.